The van der Waals surface area contributed by atoms with E-state index in [0.717, 1.165) is 12.2 Å². The Morgan fingerprint density at radius 2 is 1.12 bits per heavy atom. The summed E-state index contributed by atoms with van der Waals surface area (Å²) in [4.78, 5) is 48.5. The minimum absolute atomic E-state index is 0.145. The summed E-state index contributed by atoms with van der Waals surface area (Å²) >= 11 is 0. The van der Waals surface area contributed by atoms with E-state index in [1.807, 2.05) is 0 Å². The molecule has 0 aliphatic carbocycles. The van der Waals surface area contributed by atoms with Gasteiger partial charge in [0.1, 0.15) is 12.5 Å². The van der Waals surface area contributed by atoms with E-state index in [9.17, 15) is 29.4 Å². The van der Waals surface area contributed by atoms with Crippen molar-refractivity contribution in [3.05, 3.63) is 95.1 Å². The molecule has 2 aromatic carbocycles. The molecule has 0 fully saturated rings. The molecule has 2 atom stereocenters. The molecule has 0 bridgehead atoms. The second kappa shape index (κ2) is 10.8. The molecule has 0 saturated carbocycles. The van der Waals surface area contributed by atoms with Crippen LogP contribution in [0.4, 0.5) is 0 Å². The Morgan fingerprint density at radius 1 is 0.765 bits per heavy atom. The third-order valence-electron chi connectivity index (χ3n) is 4.64. The SMILES string of the molecule is C=CC(O)NC(=O)c1cc(C(=N)c2ccc(C(N)=O)c(C(=O)NC(O)C=C)c2)ccc1C(N)=O. The first-order valence-corrected chi connectivity index (χ1v) is 9.70. The molecule has 0 aromatic heterocycles. The first kappa shape index (κ1) is 25.6. The predicted octanol–water partition coefficient (Wildman–Crippen LogP) is -0.231. The monoisotopic (exact) mass is 465 g/mol. The van der Waals surface area contributed by atoms with Crippen molar-refractivity contribution in [1.29, 1.82) is 5.41 Å². The molecule has 9 N–H and O–H groups in total. The van der Waals surface area contributed by atoms with Crippen LogP contribution in [0.2, 0.25) is 0 Å². The third-order valence-corrected chi connectivity index (χ3v) is 4.64. The maximum absolute atomic E-state index is 12.5. The summed E-state index contributed by atoms with van der Waals surface area (Å²) in [7, 11) is 0. The zero-order valence-electron chi connectivity index (χ0n) is 17.9. The van der Waals surface area contributed by atoms with Gasteiger partial charge in [0.2, 0.25) is 11.8 Å². The lowest BCUT2D eigenvalue weighted by Crippen LogP contribution is -2.34. The standard InChI is InChI=1S/C23H23N5O6/c1-3-17(29)27-22(33)15-9-11(5-7-13(15)20(25)31)19(24)12-6-8-14(21(26)32)16(10-12)23(34)28-18(30)4-2/h3-10,17-18,24,29-30H,1-2H2,(H2,25,31)(H2,26,32)(H,27,33)(H,28,34). The molecular weight excluding hydrogens is 442 g/mol. The van der Waals surface area contributed by atoms with Crippen molar-refractivity contribution in [2.45, 2.75) is 12.5 Å². The van der Waals surface area contributed by atoms with E-state index in [1.165, 1.54) is 36.4 Å². The van der Waals surface area contributed by atoms with Crippen molar-refractivity contribution >= 4 is 29.3 Å². The Kier molecular flexibility index (Phi) is 8.15. The highest BCUT2D eigenvalue weighted by Crippen LogP contribution is 2.19. The molecule has 4 amide bonds. The first-order chi connectivity index (χ1) is 16.0. The van der Waals surface area contributed by atoms with Crippen molar-refractivity contribution < 1.29 is 29.4 Å². The van der Waals surface area contributed by atoms with Gasteiger partial charge >= 0.3 is 0 Å². The van der Waals surface area contributed by atoms with E-state index < -0.39 is 36.1 Å². The van der Waals surface area contributed by atoms with Crippen molar-refractivity contribution in [3.8, 4) is 0 Å². The summed E-state index contributed by atoms with van der Waals surface area (Å²) in [6.45, 7) is 6.68. The van der Waals surface area contributed by atoms with Gasteiger partial charge in [0.15, 0.2) is 0 Å². The van der Waals surface area contributed by atoms with E-state index in [-0.39, 0.29) is 39.1 Å². The van der Waals surface area contributed by atoms with Crippen molar-refractivity contribution in [1.82, 2.24) is 10.6 Å². The number of carbonyl (C=O) groups excluding carboxylic acids is 4. The normalized spacial score (nSPS) is 12.1. The summed E-state index contributed by atoms with van der Waals surface area (Å²) in [5.41, 5.74) is 10.1. The summed E-state index contributed by atoms with van der Waals surface area (Å²) in [6, 6.07) is 7.66. The maximum atomic E-state index is 12.5. The zero-order valence-corrected chi connectivity index (χ0v) is 17.9. The Hall–Kier alpha value is -4.61. The maximum Gasteiger partial charge on any atom is 0.254 e. The second-order valence-electron chi connectivity index (χ2n) is 6.93. The van der Waals surface area contributed by atoms with Crippen LogP contribution in [0.5, 0.6) is 0 Å². The fraction of sp³-hybridized carbons (Fsp3) is 0.0870. The van der Waals surface area contributed by atoms with Crippen LogP contribution in [0.15, 0.2) is 61.7 Å². The number of rotatable bonds is 10. The molecule has 2 aromatic rings. The largest absolute Gasteiger partial charge is 0.370 e. The quantitative estimate of drug-likeness (QED) is 0.143. The number of nitrogens with two attached hydrogens (primary N) is 2. The molecule has 2 unspecified atom stereocenters. The molecule has 11 nitrogen and oxygen atoms in total. The highest BCUT2D eigenvalue weighted by atomic mass is 16.3. The van der Waals surface area contributed by atoms with E-state index >= 15 is 0 Å². The lowest BCUT2D eigenvalue weighted by Gasteiger charge is -2.14. The van der Waals surface area contributed by atoms with Gasteiger partial charge in [-0.15, -0.1) is 0 Å². The van der Waals surface area contributed by atoms with Gasteiger partial charge in [-0.25, -0.2) is 0 Å². The molecular formula is C23H23N5O6. The Balaban J connectivity index is 2.54. The number of carbonyl (C=O) groups is 4. The second-order valence-corrected chi connectivity index (χ2v) is 6.93. The lowest BCUT2D eigenvalue weighted by molar-refractivity contribution is 0.0839. The van der Waals surface area contributed by atoms with Crippen LogP contribution >= 0.6 is 0 Å². The topological polar surface area (TPSA) is 209 Å². The summed E-state index contributed by atoms with van der Waals surface area (Å²) in [5, 5.41) is 32.1. The van der Waals surface area contributed by atoms with Crippen molar-refractivity contribution in [2.24, 2.45) is 11.5 Å². The average Bonchev–Trinajstić information content (AvgIpc) is 2.82. The number of hydrogen-bond acceptors (Lipinski definition) is 7. The first-order valence-electron chi connectivity index (χ1n) is 9.70. The zero-order chi connectivity index (χ0) is 25.6. The van der Waals surface area contributed by atoms with E-state index in [1.54, 1.807) is 0 Å². The summed E-state index contributed by atoms with van der Waals surface area (Å²) in [6.07, 6.45) is -0.650. The van der Waals surface area contributed by atoms with Gasteiger partial charge in [-0.05, 0) is 36.4 Å². The number of aliphatic hydroxyl groups is 2. The number of hydrogen-bond donors (Lipinski definition) is 7. The molecule has 0 aliphatic rings. The molecule has 2 rings (SSSR count). The van der Waals surface area contributed by atoms with Crippen molar-refractivity contribution in [2.75, 3.05) is 0 Å². The Bertz CT molecular complexity index is 1110. The molecule has 0 aliphatic heterocycles. The van der Waals surface area contributed by atoms with Gasteiger partial charge in [0, 0.05) is 11.1 Å². The lowest BCUT2D eigenvalue weighted by atomic mass is 9.94. The molecule has 0 radical (unpaired) electrons. The number of amides is 4. The van der Waals surface area contributed by atoms with E-state index in [4.69, 9.17) is 16.9 Å². The molecule has 0 spiro atoms. The minimum atomic E-state index is -1.38. The molecule has 34 heavy (non-hydrogen) atoms. The van der Waals surface area contributed by atoms with E-state index in [2.05, 4.69) is 23.8 Å². The summed E-state index contributed by atoms with van der Waals surface area (Å²) in [5.74, 6) is -3.47. The third kappa shape index (κ3) is 5.79. The number of nitrogens with one attached hydrogen (secondary N) is 3. The Labute approximate surface area is 194 Å². The molecule has 0 heterocycles. The van der Waals surface area contributed by atoms with Crippen LogP contribution in [-0.2, 0) is 0 Å². The van der Waals surface area contributed by atoms with Gasteiger partial charge < -0.3 is 32.3 Å². The van der Waals surface area contributed by atoms with Crippen LogP contribution in [0.1, 0.15) is 52.6 Å². The average molecular weight is 465 g/mol. The number of primary amides is 2. The summed E-state index contributed by atoms with van der Waals surface area (Å²) < 4.78 is 0. The molecule has 176 valence electrons. The Morgan fingerprint density at radius 3 is 1.41 bits per heavy atom. The van der Waals surface area contributed by atoms with Crippen molar-refractivity contribution in [3.63, 3.8) is 0 Å². The number of aliphatic hydroxyl groups excluding tert-OH is 2. The van der Waals surface area contributed by atoms with Gasteiger partial charge in [-0.1, -0.05) is 25.3 Å². The fourth-order valence-electron chi connectivity index (χ4n) is 2.91. The highest BCUT2D eigenvalue weighted by molar-refractivity contribution is 6.16. The van der Waals surface area contributed by atoms with Gasteiger partial charge in [-0.2, -0.15) is 0 Å². The highest BCUT2D eigenvalue weighted by Gasteiger charge is 2.21. The molecule has 0 saturated heterocycles. The predicted molar refractivity (Wildman–Crippen MR) is 123 cm³/mol. The van der Waals surface area contributed by atoms with Crippen LogP contribution in [0, 0.1) is 5.41 Å². The smallest absolute Gasteiger partial charge is 0.254 e. The molecule has 11 heteroatoms. The van der Waals surface area contributed by atoms with E-state index in [0.29, 0.717) is 0 Å². The van der Waals surface area contributed by atoms with Gasteiger partial charge in [-0.3, -0.25) is 24.6 Å². The van der Waals surface area contributed by atoms with Crippen LogP contribution in [-0.4, -0.2) is 52.0 Å². The minimum Gasteiger partial charge on any atom is -0.370 e. The van der Waals surface area contributed by atoms with Gasteiger partial charge in [0.05, 0.1) is 28.0 Å². The fourth-order valence-corrected chi connectivity index (χ4v) is 2.91. The van der Waals surface area contributed by atoms with Crippen LogP contribution < -0.4 is 22.1 Å². The van der Waals surface area contributed by atoms with Crippen LogP contribution in [0.3, 0.4) is 0 Å². The van der Waals surface area contributed by atoms with Crippen LogP contribution in [0.25, 0.3) is 0 Å². The number of benzene rings is 2. The van der Waals surface area contributed by atoms with Gasteiger partial charge in [0.25, 0.3) is 11.8 Å².